The summed E-state index contributed by atoms with van der Waals surface area (Å²) in [5.74, 6) is -1.17. The van der Waals surface area contributed by atoms with Crippen LogP contribution in [0.25, 0.3) is 0 Å². The Labute approximate surface area is 178 Å². The Bertz CT molecular complexity index is 1120. The lowest BCUT2D eigenvalue weighted by atomic mass is 10.0. The van der Waals surface area contributed by atoms with Crippen molar-refractivity contribution in [2.45, 2.75) is 25.4 Å². The van der Waals surface area contributed by atoms with E-state index in [1.54, 1.807) is 59.8 Å². The molecule has 1 heterocycles. The van der Waals surface area contributed by atoms with Crippen LogP contribution in [0.5, 0.6) is 0 Å². The molecule has 0 fully saturated rings. The fourth-order valence-electron chi connectivity index (χ4n) is 4.01. The maximum atomic E-state index is 14.5. The topological polar surface area (TPSA) is 76.3 Å². The molecule has 1 aliphatic rings. The van der Waals surface area contributed by atoms with Gasteiger partial charge in [-0.15, -0.1) is 0 Å². The van der Waals surface area contributed by atoms with Gasteiger partial charge >= 0.3 is 0 Å². The van der Waals surface area contributed by atoms with Gasteiger partial charge in [-0.2, -0.15) is 0 Å². The number of primary amides is 1. The molecule has 2 aromatic carbocycles. The summed E-state index contributed by atoms with van der Waals surface area (Å²) in [6.07, 6.45) is 4.15. The molecular weight excluding hydrogens is 405 g/mol. The van der Waals surface area contributed by atoms with E-state index in [1.165, 1.54) is 6.07 Å². The molecule has 0 spiro atoms. The van der Waals surface area contributed by atoms with E-state index < -0.39 is 5.91 Å². The lowest BCUT2D eigenvalue weighted by Gasteiger charge is -2.31. The van der Waals surface area contributed by atoms with Crippen molar-refractivity contribution >= 4 is 23.4 Å². The normalized spacial score (nSPS) is 14.9. The second-order valence-electron chi connectivity index (χ2n) is 7.20. The van der Waals surface area contributed by atoms with Crippen LogP contribution in [0.15, 0.2) is 60.9 Å². The average molecular weight is 424 g/mol. The van der Waals surface area contributed by atoms with Crippen LogP contribution in [0.3, 0.4) is 0 Å². The van der Waals surface area contributed by atoms with Crippen molar-refractivity contribution in [3.8, 4) is 0 Å². The van der Waals surface area contributed by atoms with E-state index in [2.05, 4.69) is 4.98 Å². The summed E-state index contributed by atoms with van der Waals surface area (Å²) >= 11 is 6.11. The Morgan fingerprint density at radius 3 is 2.63 bits per heavy atom. The van der Waals surface area contributed by atoms with Crippen molar-refractivity contribution in [1.82, 2.24) is 9.88 Å². The van der Waals surface area contributed by atoms with Gasteiger partial charge in [-0.1, -0.05) is 29.8 Å². The molecule has 1 aliphatic carbocycles. The minimum Gasteiger partial charge on any atom is -0.366 e. The van der Waals surface area contributed by atoms with Crippen LogP contribution in [0.1, 0.15) is 49.9 Å². The van der Waals surface area contributed by atoms with E-state index in [9.17, 15) is 14.0 Å². The predicted octanol–water partition coefficient (Wildman–Crippen LogP) is 4.30. The van der Waals surface area contributed by atoms with Crippen LogP contribution in [0.2, 0.25) is 5.02 Å². The number of nitrogens with two attached hydrogens (primary N) is 1. The number of carbonyl (C=O) groups excluding carboxylic acids is 2. The van der Waals surface area contributed by atoms with Gasteiger partial charge in [0.2, 0.25) is 5.91 Å². The average Bonchev–Trinajstić information content (AvgIpc) is 3.16. The minimum atomic E-state index is -0.567. The zero-order valence-corrected chi connectivity index (χ0v) is 16.8. The number of halogens is 2. The predicted molar refractivity (Wildman–Crippen MR) is 112 cm³/mol. The zero-order valence-electron chi connectivity index (χ0n) is 16.0. The number of rotatable bonds is 5. The van der Waals surface area contributed by atoms with E-state index in [0.29, 0.717) is 40.7 Å². The summed E-state index contributed by atoms with van der Waals surface area (Å²) in [6, 6.07) is 12.8. The van der Waals surface area contributed by atoms with Crippen LogP contribution >= 0.6 is 11.6 Å². The Morgan fingerprint density at radius 1 is 1.17 bits per heavy atom. The van der Waals surface area contributed by atoms with Crippen molar-refractivity contribution < 1.29 is 14.0 Å². The Hall–Kier alpha value is -3.25. The Balaban J connectivity index is 1.79. The van der Waals surface area contributed by atoms with E-state index in [-0.39, 0.29) is 29.3 Å². The van der Waals surface area contributed by atoms with Crippen molar-refractivity contribution in [3.63, 3.8) is 0 Å². The molecule has 2 N–H and O–H groups in total. The van der Waals surface area contributed by atoms with Crippen molar-refractivity contribution in [3.05, 3.63) is 99.6 Å². The summed E-state index contributed by atoms with van der Waals surface area (Å²) in [5.41, 5.74) is 8.22. The number of amides is 2. The third kappa shape index (κ3) is 3.78. The van der Waals surface area contributed by atoms with Crippen LogP contribution in [0.4, 0.5) is 4.39 Å². The third-order valence-electron chi connectivity index (χ3n) is 5.41. The molecule has 30 heavy (non-hydrogen) atoms. The standard InChI is InChI=1S/C23H19ClFN3O2/c24-16-11-19-18(20(25)12-16)5-6-21(19)28(23(30)14-7-9-27-10-8-14)13-15-3-1-2-4-17(15)22(26)29/h1-4,7-12,21H,5-6,13H2,(H2,26,29)/t21-/m1/s1. The highest BCUT2D eigenvalue weighted by Crippen LogP contribution is 2.40. The van der Waals surface area contributed by atoms with Crippen molar-refractivity contribution in [1.29, 1.82) is 0 Å². The number of hydrogen-bond donors (Lipinski definition) is 1. The fourth-order valence-corrected chi connectivity index (χ4v) is 4.22. The van der Waals surface area contributed by atoms with Gasteiger partial charge < -0.3 is 10.6 Å². The second-order valence-corrected chi connectivity index (χ2v) is 7.64. The molecule has 7 heteroatoms. The number of pyridine rings is 1. The highest BCUT2D eigenvalue weighted by atomic mass is 35.5. The molecule has 0 saturated carbocycles. The maximum absolute atomic E-state index is 14.5. The van der Waals surface area contributed by atoms with Crippen LogP contribution in [-0.4, -0.2) is 21.7 Å². The molecule has 152 valence electrons. The van der Waals surface area contributed by atoms with Crippen molar-refractivity contribution in [2.75, 3.05) is 0 Å². The summed E-state index contributed by atoms with van der Waals surface area (Å²) in [6.45, 7) is 0.151. The summed E-state index contributed by atoms with van der Waals surface area (Å²) in [7, 11) is 0. The molecule has 5 nitrogen and oxygen atoms in total. The second kappa shape index (κ2) is 8.24. The largest absolute Gasteiger partial charge is 0.366 e. The van der Waals surface area contributed by atoms with Gasteiger partial charge in [0, 0.05) is 35.1 Å². The molecule has 0 aliphatic heterocycles. The summed E-state index contributed by atoms with van der Waals surface area (Å²) in [4.78, 5) is 31.0. The molecular formula is C23H19ClFN3O2. The van der Waals surface area contributed by atoms with E-state index in [4.69, 9.17) is 17.3 Å². The van der Waals surface area contributed by atoms with Gasteiger partial charge in [-0.3, -0.25) is 14.6 Å². The molecule has 0 unspecified atom stereocenters. The SMILES string of the molecule is NC(=O)c1ccccc1CN(C(=O)c1ccncc1)[C@@H]1CCc2c(F)cc(Cl)cc21. The minimum absolute atomic E-state index is 0.151. The highest BCUT2D eigenvalue weighted by molar-refractivity contribution is 6.30. The molecule has 0 bridgehead atoms. The highest BCUT2D eigenvalue weighted by Gasteiger charge is 2.34. The van der Waals surface area contributed by atoms with Gasteiger partial charge in [-0.25, -0.2) is 4.39 Å². The first-order chi connectivity index (χ1) is 14.5. The smallest absolute Gasteiger partial charge is 0.254 e. The van der Waals surface area contributed by atoms with E-state index in [0.717, 1.165) is 0 Å². The fraction of sp³-hybridized carbons (Fsp3) is 0.174. The van der Waals surface area contributed by atoms with Crippen LogP contribution < -0.4 is 5.73 Å². The third-order valence-corrected chi connectivity index (χ3v) is 5.63. The van der Waals surface area contributed by atoms with Crippen LogP contribution in [-0.2, 0) is 13.0 Å². The molecule has 4 rings (SSSR count). The number of aromatic nitrogens is 1. The zero-order chi connectivity index (χ0) is 21.3. The van der Waals surface area contributed by atoms with Crippen LogP contribution in [0, 0.1) is 5.82 Å². The van der Waals surface area contributed by atoms with Gasteiger partial charge in [0.1, 0.15) is 5.82 Å². The summed E-state index contributed by atoms with van der Waals surface area (Å²) < 4.78 is 14.5. The first-order valence-corrected chi connectivity index (χ1v) is 9.90. The molecule has 0 saturated heterocycles. The van der Waals surface area contributed by atoms with E-state index >= 15 is 0 Å². The summed E-state index contributed by atoms with van der Waals surface area (Å²) in [5, 5.41) is 0.284. The maximum Gasteiger partial charge on any atom is 0.254 e. The van der Waals surface area contributed by atoms with Gasteiger partial charge in [0.05, 0.1) is 6.04 Å². The Kier molecular flexibility index (Phi) is 5.50. The Morgan fingerprint density at radius 2 is 1.90 bits per heavy atom. The lowest BCUT2D eigenvalue weighted by Crippen LogP contribution is -2.34. The quantitative estimate of drug-likeness (QED) is 0.664. The number of hydrogen-bond acceptors (Lipinski definition) is 3. The number of benzene rings is 2. The van der Waals surface area contributed by atoms with E-state index in [1.807, 2.05) is 0 Å². The first-order valence-electron chi connectivity index (χ1n) is 9.52. The number of carbonyl (C=O) groups is 2. The monoisotopic (exact) mass is 423 g/mol. The molecule has 2 amide bonds. The molecule has 3 aromatic rings. The lowest BCUT2D eigenvalue weighted by molar-refractivity contribution is 0.0656. The van der Waals surface area contributed by atoms with Gasteiger partial charge in [0.15, 0.2) is 0 Å². The molecule has 1 atom stereocenters. The van der Waals surface area contributed by atoms with Gasteiger partial charge in [0.25, 0.3) is 5.91 Å². The van der Waals surface area contributed by atoms with Gasteiger partial charge in [-0.05, 0) is 59.9 Å². The number of nitrogens with zero attached hydrogens (tertiary/aromatic N) is 2. The first kappa shape index (κ1) is 20.0. The molecule has 1 aromatic heterocycles. The van der Waals surface area contributed by atoms with Crippen molar-refractivity contribution in [2.24, 2.45) is 5.73 Å². The molecule has 0 radical (unpaired) electrons. The number of fused-ring (bicyclic) bond motifs is 1.